The van der Waals surface area contributed by atoms with Gasteiger partial charge < -0.3 is 0 Å². The predicted molar refractivity (Wildman–Crippen MR) is 202 cm³/mol. The van der Waals surface area contributed by atoms with Crippen molar-refractivity contribution < 1.29 is 38.7 Å². The van der Waals surface area contributed by atoms with E-state index in [1.54, 1.807) is 0 Å². The van der Waals surface area contributed by atoms with Crippen molar-refractivity contribution in [3.63, 3.8) is 0 Å². The Morgan fingerprint density at radius 1 is 0.574 bits per heavy atom. The van der Waals surface area contributed by atoms with E-state index in [-0.39, 0.29) is 0 Å². The summed E-state index contributed by atoms with van der Waals surface area (Å²) < 4.78 is 11.6. The van der Waals surface area contributed by atoms with E-state index in [4.69, 9.17) is 0 Å². The molecule has 0 aliphatic carbocycles. The van der Waals surface area contributed by atoms with Crippen LogP contribution in [0.15, 0.2) is 97.6 Å². The molecule has 284 valence electrons. The summed E-state index contributed by atoms with van der Waals surface area (Å²) in [4.78, 5) is 8.69. The number of unbranched alkanes of at least 4 members (excludes halogenated alkanes) is 4. The number of pyridine rings is 2. The van der Waals surface area contributed by atoms with Crippen molar-refractivity contribution in [2.45, 2.75) is 78.3 Å². The molecule has 8 rings (SSSR count). The van der Waals surface area contributed by atoms with Gasteiger partial charge in [-0.05, 0) is 0 Å². The Morgan fingerprint density at radius 2 is 1.04 bits per heavy atom. The van der Waals surface area contributed by atoms with Gasteiger partial charge in [-0.15, -0.1) is 0 Å². The van der Waals surface area contributed by atoms with Crippen LogP contribution in [0.25, 0.3) is 33.4 Å². The first kappa shape index (κ1) is 37.8. The zero-order chi connectivity index (χ0) is 37.3. The van der Waals surface area contributed by atoms with Gasteiger partial charge in [-0.3, -0.25) is 0 Å². The second kappa shape index (κ2) is 18.2. The fourth-order valence-electron chi connectivity index (χ4n) is 6.70. The monoisotopic (exact) mass is 1080 g/mol. The quantitative estimate of drug-likeness (QED) is 0.0825. The van der Waals surface area contributed by atoms with E-state index in [2.05, 4.69) is 136 Å². The molecule has 0 radical (unpaired) electrons. The fourth-order valence-corrected chi connectivity index (χ4v) is 8.85. The van der Waals surface area contributed by atoms with Gasteiger partial charge in [0.15, 0.2) is 0 Å². The molecule has 2 aromatic carbocycles. The summed E-state index contributed by atoms with van der Waals surface area (Å²) in [6.07, 6.45) is 16.5. The number of fused-ring (bicyclic) bond motifs is 2. The topological polar surface area (TPSA) is 99.5 Å². The van der Waals surface area contributed by atoms with E-state index >= 15 is 0 Å². The van der Waals surface area contributed by atoms with Crippen molar-refractivity contribution >= 4 is 22.1 Å². The summed E-state index contributed by atoms with van der Waals surface area (Å²) in [6.45, 7) is 5.94. The maximum atomic E-state index is 4.35. The van der Waals surface area contributed by atoms with Crippen molar-refractivity contribution in [3.05, 3.63) is 140 Å². The van der Waals surface area contributed by atoms with Crippen LogP contribution in [-0.2, 0) is 64.6 Å². The summed E-state index contributed by atoms with van der Waals surface area (Å²) in [7, 11) is 0. The summed E-state index contributed by atoms with van der Waals surface area (Å²) in [5, 5.41) is 16.5. The Labute approximate surface area is 337 Å². The molecule has 0 aliphatic rings. The Balaban J connectivity index is 0.000000167. The zero-order valence-electron chi connectivity index (χ0n) is 30.4. The van der Waals surface area contributed by atoms with Crippen LogP contribution in [-0.4, -0.2) is 38.4 Å². The third-order valence-corrected chi connectivity index (χ3v) is 11.5. The molecule has 12 heteroatoms. The molecule has 0 bridgehead atoms. The third kappa shape index (κ3) is 8.88. The van der Waals surface area contributed by atoms with Gasteiger partial charge in [-0.2, -0.15) is 0 Å². The number of aromatic nitrogens is 10. The Kier molecular flexibility index (Phi) is 12.7. The molecule has 0 amide bonds. The molecule has 10 nitrogen and oxygen atoms in total. The minimum absolute atomic E-state index is 0.979. The Morgan fingerprint density at radius 3 is 1.43 bits per heavy atom. The van der Waals surface area contributed by atoms with Crippen LogP contribution in [0.2, 0.25) is 0 Å². The second-order valence-corrected chi connectivity index (χ2v) is 15.3. The molecule has 0 saturated heterocycles. The van der Waals surface area contributed by atoms with Gasteiger partial charge in [0.2, 0.25) is 0 Å². The molecular formula is C42H42N10Pt2-4. The van der Waals surface area contributed by atoms with Gasteiger partial charge in [0.1, 0.15) is 0 Å². The van der Waals surface area contributed by atoms with Gasteiger partial charge in [0.25, 0.3) is 0 Å². The first-order valence-corrected chi connectivity index (χ1v) is 20.6. The average molecular weight is 1080 g/mol. The van der Waals surface area contributed by atoms with Crippen LogP contribution < -0.4 is 10.2 Å². The van der Waals surface area contributed by atoms with Gasteiger partial charge in [-0.25, -0.2) is 0 Å². The zero-order valence-corrected chi connectivity index (χ0v) is 35.0. The van der Waals surface area contributed by atoms with Gasteiger partial charge >= 0.3 is 339 Å². The molecule has 0 aliphatic heterocycles. The molecule has 0 fully saturated rings. The van der Waals surface area contributed by atoms with Crippen molar-refractivity contribution in [3.8, 4) is 11.4 Å². The number of aryl methyl sites for hydroxylation is 6. The number of benzene rings is 2. The maximum absolute atomic E-state index is 4.35. The molecule has 0 N–H and O–H groups in total. The first-order chi connectivity index (χ1) is 26.5. The molecule has 0 spiro atoms. The second-order valence-electron chi connectivity index (χ2n) is 13.3. The van der Waals surface area contributed by atoms with Crippen molar-refractivity contribution in [1.82, 2.24) is 48.6 Å². The number of hydrogen-bond acceptors (Lipinski definition) is 4. The van der Waals surface area contributed by atoms with E-state index in [0.717, 1.165) is 96.8 Å². The molecule has 6 heterocycles. The van der Waals surface area contributed by atoms with Crippen LogP contribution in [0.5, 0.6) is 0 Å². The number of imidazole rings is 2. The summed E-state index contributed by atoms with van der Waals surface area (Å²) >= 11 is 4.82. The number of para-hydroxylation sites is 2. The average Bonchev–Trinajstić information content (AvgIpc) is 3.95. The van der Waals surface area contributed by atoms with Crippen LogP contribution in [0, 0.1) is 33.6 Å². The van der Waals surface area contributed by atoms with Gasteiger partial charge in [0, 0.05) is 0 Å². The van der Waals surface area contributed by atoms with Crippen molar-refractivity contribution in [1.29, 1.82) is 0 Å². The van der Waals surface area contributed by atoms with Crippen LogP contribution in [0.3, 0.4) is 0 Å². The van der Waals surface area contributed by atoms with Crippen LogP contribution in [0.1, 0.15) is 61.3 Å². The molecule has 0 saturated carbocycles. The normalized spacial score (nSPS) is 11.4. The van der Waals surface area contributed by atoms with Gasteiger partial charge in [-0.1, -0.05) is 0 Å². The summed E-state index contributed by atoms with van der Waals surface area (Å²) in [5.74, 6) is 0. The van der Waals surface area contributed by atoms with Gasteiger partial charge in [0.05, 0.1) is 0 Å². The van der Waals surface area contributed by atoms with Crippen LogP contribution >= 0.6 is 0 Å². The standard InChI is InChI=1S/2C21H21N5.2Pt/c2*1-17-14-18(24-23-17)8-4-3-7-13-25-16-26(19-9-5-2-6-10-19)20-11-12-22-15-21(20)25;;/h2*2,5-6,9,11-12,14-15H,3-4,7-8,13H2,1H3;;/q2*-2;;. The Hall–Kier alpha value is -4.52. The molecule has 0 unspecified atom stereocenters. The molecular weight excluding hydrogens is 1030 g/mol. The summed E-state index contributed by atoms with van der Waals surface area (Å²) in [6, 6.07) is 31.2. The number of hydrogen-bond donors (Lipinski definition) is 0. The van der Waals surface area contributed by atoms with Crippen molar-refractivity contribution in [2.24, 2.45) is 0 Å². The molecule has 0 atom stereocenters. The number of rotatable bonds is 14. The molecule has 54 heavy (non-hydrogen) atoms. The summed E-state index contributed by atoms with van der Waals surface area (Å²) in [5.41, 5.74) is 11.0. The molecule has 6 aromatic heterocycles. The number of nitrogens with zero attached hydrogens (tertiary/aromatic N) is 10. The van der Waals surface area contributed by atoms with Crippen molar-refractivity contribution in [2.75, 3.05) is 0 Å². The van der Waals surface area contributed by atoms with E-state index in [1.165, 1.54) is 31.5 Å². The van der Waals surface area contributed by atoms with Crippen LogP contribution in [0.4, 0.5) is 0 Å². The Bertz CT molecular complexity index is 2360. The fraction of sp³-hybridized carbons (Fsp3) is 0.286. The van der Waals surface area contributed by atoms with E-state index in [1.807, 2.05) is 75.0 Å². The van der Waals surface area contributed by atoms with E-state index in [9.17, 15) is 0 Å². The predicted octanol–water partition coefficient (Wildman–Crippen LogP) is 7.56. The van der Waals surface area contributed by atoms with E-state index < -0.39 is 0 Å². The van der Waals surface area contributed by atoms with E-state index in [0.29, 0.717) is 0 Å². The SMILES string of the molecule is Cc1cc(CCCCCn2[c](=[Pt])n(-c3[c-]cccc3)c3ccncc32)n[n-]1.Cc1cc(CCCCCn2[c](=[Pt])n(-c3[c-]cccc3)c3ccncc32)n[n-]1. The minimum atomic E-state index is 0.979. The first-order valence-electron chi connectivity index (χ1n) is 18.3. The molecule has 8 aromatic rings. The third-order valence-electron chi connectivity index (χ3n) is 9.29.